The first kappa shape index (κ1) is 32.6. The Labute approximate surface area is 272 Å². The first-order chi connectivity index (χ1) is 21.1. The Bertz CT molecular complexity index is 1350. The van der Waals surface area contributed by atoms with E-state index < -0.39 is 0 Å². The first-order valence-electron chi connectivity index (χ1n) is 17.9. The summed E-state index contributed by atoms with van der Waals surface area (Å²) in [5.41, 5.74) is 2.62. The third kappa shape index (κ3) is 4.74. The van der Waals surface area contributed by atoms with E-state index in [9.17, 15) is 9.59 Å². The molecule has 5 aliphatic rings. The fourth-order valence-electron chi connectivity index (χ4n) is 13.1. The van der Waals surface area contributed by atoms with Crippen LogP contribution in [0.3, 0.4) is 0 Å². The van der Waals surface area contributed by atoms with Crippen LogP contribution in [0.15, 0.2) is 36.4 Å². The molecule has 5 nitrogen and oxygen atoms in total. The van der Waals surface area contributed by atoms with Gasteiger partial charge in [0, 0.05) is 18.9 Å². The van der Waals surface area contributed by atoms with Crippen LogP contribution in [0.2, 0.25) is 0 Å². The summed E-state index contributed by atoms with van der Waals surface area (Å²) in [5, 5.41) is 3.43. The van der Waals surface area contributed by atoms with Crippen LogP contribution in [0.5, 0.6) is 5.75 Å². The molecule has 0 bridgehead atoms. The Balaban J connectivity index is 1.30. The van der Waals surface area contributed by atoms with Crippen LogP contribution in [0, 0.1) is 56.7 Å². The summed E-state index contributed by atoms with van der Waals surface area (Å²) in [7, 11) is 1.69. The summed E-state index contributed by atoms with van der Waals surface area (Å²) in [5.74, 6) is 3.39. The average Bonchev–Trinajstić information content (AvgIpc) is 3.39. The lowest BCUT2D eigenvalue weighted by molar-refractivity contribution is -0.248. The fourth-order valence-corrected chi connectivity index (χ4v) is 13.1. The van der Waals surface area contributed by atoms with Crippen molar-refractivity contribution < 1.29 is 19.1 Å². The highest BCUT2D eigenvalue weighted by Crippen LogP contribution is 2.77. The number of allylic oxidation sites excluding steroid dienone is 1. The van der Waals surface area contributed by atoms with Crippen molar-refractivity contribution in [1.82, 2.24) is 5.32 Å². The molecule has 248 valence electrons. The van der Waals surface area contributed by atoms with Gasteiger partial charge in [-0.25, -0.2) is 0 Å². The van der Waals surface area contributed by atoms with Crippen molar-refractivity contribution in [2.45, 2.75) is 125 Å². The molecule has 5 fully saturated rings. The maximum Gasteiger partial charge on any atom is 0.302 e. The van der Waals surface area contributed by atoms with E-state index in [4.69, 9.17) is 9.47 Å². The molecule has 1 aromatic rings. The predicted octanol–water partition coefficient (Wildman–Crippen LogP) is 8.90. The van der Waals surface area contributed by atoms with E-state index in [0.29, 0.717) is 36.1 Å². The van der Waals surface area contributed by atoms with E-state index >= 15 is 0 Å². The molecule has 1 N–H and O–H groups in total. The van der Waals surface area contributed by atoms with Crippen LogP contribution in [0.1, 0.15) is 118 Å². The van der Waals surface area contributed by atoms with Gasteiger partial charge in [-0.15, -0.1) is 0 Å². The molecule has 6 rings (SSSR count). The topological polar surface area (TPSA) is 64.6 Å². The van der Waals surface area contributed by atoms with Gasteiger partial charge in [0.05, 0.1) is 12.5 Å². The lowest BCUT2D eigenvalue weighted by Gasteiger charge is -2.72. The second kappa shape index (κ2) is 11.2. The lowest BCUT2D eigenvalue weighted by atomic mass is 9.32. The van der Waals surface area contributed by atoms with E-state index in [1.165, 1.54) is 31.3 Å². The van der Waals surface area contributed by atoms with E-state index in [1.54, 1.807) is 14.0 Å². The molecule has 0 saturated heterocycles. The van der Waals surface area contributed by atoms with Crippen LogP contribution in [-0.2, 0) is 20.9 Å². The number of carbonyl (C=O) groups is 2. The summed E-state index contributed by atoms with van der Waals surface area (Å²) in [6, 6.07) is 8.05. The Morgan fingerprint density at radius 1 is 0.889 bits per heavy atom. The Kier molecular flexibility index (Phi) is 8.09. The molecule has 0 spiro atoms. The Morgan fingerprint density at radius 3 is 2.33 bits per heavy atom. The number of nitrogens with one attached hydrogen (secondary N) is 1. The third-order valence-electron chi connectivity index (χ3n) is 15.4. The molecule has 0 aliphatic heterocycles. The quantitative estimate of drug-likeness (QED) is 0.256. The minimum absolute atomic E-state index is 0.00459. The maximum atomic E-state index is 14.4. The number of methoxy groups -OCH3 is 1. The maximum absolute atomic E-state index is 14.4. The van der Waals surface area contributed by atoms with Crippen LogP contribution in [-0.4, -0.2) is 25.1 Å². The van der Waals surface area contributed by atoms with Crippen molar-refractivity contribution in [3.8, 4) is 5.75 Å². The SMILES string of the molecule is C=C(C)[C@@H]1CC[C@]2(C(=O)NCc3cccc(OC)c3)CC[C@]3(C)[C@H](CC[C@@H]4[C@@]5(C)CC[C@H](OC(C)=O)C(C)(C)[C@@H]5CC[C@]43C)[C@@H]12. The zero-order chi connectivity index (χ0) is 32.6. The van der Waals surface area contributed by atoms with Gasteiger partial charge in [0.25, 0.3) is 0 Å². The lowest BCUT2D eigenvalue weighted by Crippen LogP contribution is -2.67. The molecule has 5 heteroatoms. The van der Waals surface area contributed by atoms with Gasteiger partial charge in [-0.2, -0.15) is 0 Å². The highest BCUT2D eigenvalue weighted by molar-refractivity contribution is 5.84. The zero-order valence-corrected chi connectivity index (χ0v) is 29.4. The fraction of sp³-hybridized carbons (Fsp3) is 0.750. The number of benzene rings is 1. The van der Waals surface area contributed by atoms with Crippen molar-refractivity contribution in [3.05, 3.63) is 42.0 Å². The molecule has 0 heterocycles. The van der Waals surface area contributed by atoms with E-state index in [1.807, 2.05) is 18.2 Å². The van der Waals surface area contributed by atoms with Crippen molar-refractivity contribution in [2.75, 3.05) is 7.11 Å². The normalized spacial score (nSPS) is 43.1. The first-order valence-corrected chi connectivity index (χ1v) is 17.9. The molecule has 1 aromatic carbocycles. The molecule has 0 aromatic heterocycles. The summed E-state index contributed by atoms with van der Waals surface area (Å²) in [6.45, 7) is 21.4. The molecule has 1 amide bonds. The Hall–Kier alpha value is -2.30. The van der Waals surface area contributed by atoms with Gasteiger partial charge in [0.15, 0.2) is 0 Å². The number of carbonyl (C=O) groups excluding carboxylic acids is 2. The summed E-state index contributed by atoms with van der Waals surface area (Å²) < 4.78 is 11.4. The number of fused-ring (bicyclic) bond motifs is 7. The number of esters is 1. The number of amides is 1. The van der Waals surface area contributed by atoms with Gasteiger partial charge in [-0.3, -0.25) is 9.59 Å². The molecule has 45 heavy (non-hydrogen) atoms. The minimum Gasteiger partial charge on any atom is -0.497 e. The summed E-state index contributed by atoms with van der Waals surface area (Å²) in [4.78, 5) is 26.5. The predicted molar refractivity (Wildman–Crippen MR) is 179 cm³/mol. The molecule has 5 aliphatic carbocycles. The number of ether oxygens (including phenoxy) is 2. The molecular formula is C40H59NO4. The molecular weight excluding hydrogens is 558 g/mol. The molecule has 0 unspecified atom stereocenters. The van der Waals surface area contributed by atoms with E-state index in [0.717, 1.165) is 49.8 Å². The third-order valence-corrected chi connectivity index (χ3v) is 15.4. The number of rotatable bonds is 6. The van der Waals surface area contributed by atoms with Crippen LogP contribution < -0.4 is 10.1 Å². The minimum atomic E-state index is -0.318. The average molecular weight is 618 g/mol. The number of hydrogen-bond acceptors (Lipinski definition) is 4. The van der Waals surface area contributed by atoms with Crippen molar-refractivity contribution in [1.29, 1.82) is 0 Å². The van der Waals surface area contributed by atoms with Gasteiger partial charge in [0.1, 0.15) is 11.9 Å². The van der Waals surface area contributed by atoms with Gasteiger partial charge < -0.3 is 14.8 Å². The van der Waals surface area contributed by atoms with E-state index in [-0.39, 0.29) is 45.1 Å². The van der Waals surface area contributed by atoms with E-state index in [2.05, 4.69) is 59.5 Å². The Morgan fingerprint density at radius 2 is 1.64 bits per heavy atom. The smallest absolute Gasteiger partial charge is 0.302 e. The van der Waals surface area contributed by atoms with Gasteiger partial charge in [0.2, 0.25) is 5.91 Å². The zero-order valence-electron chi connectivity index (χ0n) is 29.4. The highest BCUT2D eigenvalue weighted by atomic mass is 16.5. The standard InChI is InChI=1S/C40H59NO4/c1-25(2)29-15-20-40(35(43)41-24-27-11-10-12-28(23-27)44-9)22-21-38(7)30(34(29)40)13-14-32-37(6)18-17-33(45-26(3)42)36(4,5)31(37)16-19-39(32,38)8/h10-12,23,29-34H,1,13-22,24H2,2-9H3,(H,41,43)/t29-,30+,31-,32+,33-,34+,37-,38+,39+,40-/m0/s1. The second-order valence-corrected chi connectivity index (χ2v) is 17.3. The van der Waals surface area contributed by atoms with Crippen molar-refractivity contribution >= 4 is 11.9 Å². The highest BCUT2D eigenvalue weighted by Gasteiger charge is 2.72. The van der Waals surface area contributed by atoms with Crippen molar-refractivity contribution in [3.63, 3.8) is 0 Å². The van der Waals surface area contributed by atoms with Crippen molar-refractivity contribution in [2.24, 2.45) is 56.7 Å². The monoisotopic (exact) mass is 617 g/mol. The van der Waals surface area contributed by atoms with Gasteiger partial charge in [-0.05, 0) is 135 Å². The summed E-state index contributed by atoms with van der Waals surface area (Å²) in [6.07, 6.45) is 11.1. The molecule has 0 radical (unpaired) electrons. The number of hydrogen-bond donors (Lipinski definition) is 1. The second-order valence-electron chi connectivity index (χ2n) is 17.3. The van der Waals surface area contributed by atoms with Gasteiger partial charge >= 0.3 is 5.97 Å². The van der Waals surface area contributed by atoms with Crippen LogP contribution >= 0.6 is 0 Å². The molecule has 10 atom stereocenters. The van der Waals surface area contributed by atoms with Crippen LogP contribution in [0.25, 0.3) is 0 Å². The largest absolute Gasteiger partial charge is 0.497 e. The summed E-state index contributed by atoms with van der Waals surface area (Å²) >= 11 is 0. The van der Waals surface area contributed by atoms with Gasteiger partial charge in [-0.1, -0.05) is 58.9 Å². The van der Waals surface area contributed by atoms with Crippen LogP contribution in [0.4, 0.5) is 0 Å². The molecule has 5 saturated carbocycles.